The topological polar surface area (TPSA) is 64.9 Å². The van der Waals surface area contributed by atoms with E-state index >= 15 is 0 Å². The number of nitrogen functional groups attached to an aromatic ring is 1. The fraction of sp³-hybridized carbons (Fsp3) is 0.500. The molecular formula is C10H15N3. The third-order valence-corrected chi connectivity index (χ3v) is 2.46. The highest BCUT2D eigenvalue weighted by molar-refractivity contribution is 5.29. The highest BCUT2D eigenvalue weighted by Crippen LogP contribution is 2.36. The Morgan fingerprint density at radius 2 is 2.23 bits per heavy atom. The van der Waals surface area contributed by atoms with Gasteiger partial charge in [-0.05, 0) is 24.5 Å². The van der Waals surface area contributed by atoms with Crippen molar-refractivity contribution >= 4 is 5.82 Å². The Hall–Kier alpha value is -1.09. The van der Waals surface area contributed by atoms with Gasteiger partial charge in [0.15, 0.2) is 0 Å². The van der Waals surface area contributed by atoms with Gasteiger partial charge in [0.2, 0.25) is 0 Å². The number of anilines is 1. The molecule has 1 aromatic rings. The van der Waals surface area contributed by atoms with Crippen LogP contribution in [0.3, 0.4) is 0 Å². The minimum Gasteiger partial charge on any atom is -0.384 e. The first-order chi connectivity index (χ1) is 6.25. The average molecular weight is 177 g/mol. The van der Waals surface area contributed by atoms with E-state index in [-0.39, 0.29) is 6.04 Å². The minimum atomic E-state index is 0.0657. The molecule has 0 bridgehead atoms. The summed E-state index contributed by atoms with van der Waals surface area (Å²) >= 11 is 0. The van der Waals surface area contributed by atoms with Crippen LogP contribution in [0.5, 0.6) is 0 Å². The summed E-state index contributed by atoms with van der Waals surface area (Å²) in [5.41, 5.74) is 12.5. The summed E-state index contributed by atoms with van der Waals surface area (Å²) in [6.07, 6.45) is 3.71. The van der Waals surface area contributed by atoms with Gasteiger partial charge < -0.3 is 11.5 Å². The zero-order valence-corrected chi connectivity index (χ0v) is 7.61. The molecule has 0 spiro atoms. The Labute approximate surface area is 78.1 Å². The molecule has 0 amide bonds. The Bertz CT molecular complexity index is 294. The van der Waals surface area contributed by atoms with Gasteiger partial charge in [-0.25, -0.2) is 4.98 Å². The molecule has 2 rings (SSSR count). The molecule has 0 saturated heterocycles. The lowest BCUT2D eigenvalue weighted by atomic mass is 10.1. The van der Waals surface area contributed by atoms with Gasteiger partial charge in [0.05, 0.1) is 5.69 Å². The van der Waals surface area contributed by atoms with Crippen LogP contribution in [-0.4, -0.2) is 4.98 Å². The van der Waals surface area contributed by atoms with E-state index in [1.165, 1.54) is 12.8 Å². The molecule has 1 fully saturated rings. The molecule has 4 N–H and O–H groups in total. The van der Waals surface area contributed by atoms with Gasteiger partial charge in [0, 0.05) is 6.04 Å². The molecule has 1 aliphatic carbocycles. The van der Waals surface area contributed by atoms with Gasteiger partial charge in [0.25, 0.3) is 0 Å². The van der Waals surface area contributed by atoms with Crippen molar-refractivity contribution in [2.75, 3.05) is 5.73 Å². The van der Waals surface area contributed by atoms with E-state index < -0.39 is 0 Å². The van der Waals surface area contributed by atoms with Crippen LogP contribution in [0.25, 0.3) is 0 Å². The quantitative estimate of drug-likeness (QED) is 0.734. The van der Waals surface area contributed by atoms with Crippen molar-refractivity contribution < 1.29 is 0 Å². The number of rotatable bonds is 3. The first-order valence-electron chi connectivity index (χ1n) is 4.73. The van der Waals surface area contributed by atoms with E-state index in [2.05, 4.69) is 4.98 Å². The maximum atomic E-state index is 5.99. The van der Waals surface area contributed by atoms with E-state index in [9.17, 15) is 0 Å². The largest absolute Gasteiger partial charge is 0.384 e. The third-order valence-electron chi connectivity index (χ3n) is 2.46. The molecule has 0 aliphatic heterocycles. The minimum absolute atomic E-state index is 0.0657. The summed E-state index contributed by atoms with van der Waals surface area (Å²) in [6, 6.07) is 5.71. The predicted molar refractivity (Wildman–Crippen MR) is 52.9 cm³/mol. The molecule has 1 atom stereocenters. The number of hydrogen-bond donors (Lipinski definition) is 2. The standard InChI is InChI=1S/C10H15N3/c11-8(6-7-4-5-7)9-2-1-3-10(12)13-9/h1-3,7-8H,4-6,11H2,(H2,12,13). The van der Waals surface area contributed by atoms with Crippen LogP contribution in [0, 0.1) is 5.92 Å². The van der Waals surface area contributed by atoms with Crippen LogP contribution < -0.4 is 11.5 Å². The van der Waals surface area contributed by atoms with Crippen LogP contribution in [0.2, 0.25) is 0 Å². The van der Waals surface area contributed by atoms with E-state index in [1.807, 2.05) is 12.1 Å². The molecule has 1 heterocycles. The van der Waals surface area contributed by atoms with Crippen molar-refractivity contribution in [2.45, 2.75) is 25.3 Å². The molecule has 3 nitrogen and oxygen atoms in total. The van der Waals surface area contributed by atoms with Crippen molar-refractivity contribution in [1.29, 1.82) is 0 Å². The van der Waals surface area contributed by atoms with E-state index in [4.69, 9.17) is 11.5 Å². The smallest absolute Gasteiger partial charge is 0.123 e. The Morgan fingerprint density at radius 3 is 2.85 bits per heavy atom. The second-order valence-corrected chi connectivity index (χ2v) is 3.77. The molecule has 13 heavy (non-hydrogen) atoms. The molecule has 70 valence electrons. The Kier molecular flexibility index (Phi) is 2.19. The Morgan fingerprint density at radius 1 is 1.46 bits per heavy atom. The summed E-state index contributed by atoms with van der Waals surface area (Å²) < 4.78 is 0. The SMILES string of the molecule is Nc1cccc(C(N)CC2CC2)n1. The van der Waals surface area contributed by atoms with Crippen LogP contribution in [0.1, 0.15) is 31.0 Å². The maximum Gasteiger partial charge on any atom is 0.123 e. The summed E-state index contributed by atoms with van der Waals surface area (Å²) in [4.78, 5) is 4.21. The van der Waals surface area contributed by atoms with Crippen LogP contribution >= 0.6 is 0 Å². The number of nitrogens with zero attached hydrogens (tertiary/aromatic N) is 1. The molecule has 3 heteroatoms. The average Bonchev–Trinajstić information content (AvgIpc) is 2.88. The van der Waals surface area contributed by atoms with E-state index in [1.54, 1.807) is 6.07 Å². The maximum absolute atomic E-state index is 5.99. The van der Waals surface area contributed by atoms with Crippen LogP contribution in [0.4, 0.5) is 5.82 Å². The first-order valence-corrected chi connectivity index (χ1v) is 4.73. The van der Waals surface area contributed by atoms with Crippen molar-refractivity contribution in [2.24, 2.45) is 11.7 Å². The van der Waals surface area contributed by atoms with Gasteiger partial charge in [0.1, 0.15) is 5.82 Å². The zero-order valence-electron chi connectivity index (χ0n) is 7.61. The van der Waals surface area contributed by atoms with Crippen molar-refractivity contribution in [3.05, 3.63) is 23.9 Å². The van der Waals surface area contributed by atoms with Gasteiger partial charge >= 0.3 is 0 Å². The second-order valence-electron chi connectivity index (χ2n) is 3.77. The molecule has 1 unspecified atom stereocenters. The van der Waals surface area contributed by atoms with E-state index in [0.29, 0.717) is 5.82 Å². The van der Waals surface area contributed by atoms with Crippen molar-refractivity contribution in [3.63, 3.8) is 0 Å². The lowest BCUT2D eigenvalue weighted by molar-refractivity contribution is 0.584. The molecule has 1 aromatic heterocycles. The summed E-state index contributed by atoms with van der Waals surface area (Å²) in [5.74, 6) is 1.39. The van der Waals surface area contributed by atoms with E-state index in [0.717, 1.165) is 18.0 Å². The van der Waals surface area contributed by atoms with Crippen molar-refractivity contribution in [3.8, 4) is 0 Å². The third kappa shape index (κ3) is 2.18. The fourth-order valence-corrected chi connectivity index (χ4v) is 1.51. The second kappa shape index (κ2) is 3.34. The number of aromatic nitrogens is 1. The molecule has 0 aromatic carbocycles. The van der Waals surface area contributed by atoms with Gasteiger partial charge in [-0.3, -0.25) is 0 Å². The summed E-state index contributed by atoms with van der Waals surface area (Å²) in [5, 5.41) is 0. The summed E-state index contributed by atoms with van der Waals surface area (Å²) in [6.45, 7) is 0. The first kappa shape index (κ1) is 8.51. The normalized spacial score (nSPS) is 18.5. The molecular weight excluding hydrogens is 162 g/mol. The highest BCUT2D eigenvalue weighted by Gasteiger charge is 2.24. The van der Waals surface area contributed by atoms with Crippen LogP contribution in [-0.2, 0) is 0 Å². The lowest BCUT2D eigenvalue weighted by Gasteiger charge is -2.10. The predicted octanol–water partition coefficient (Wildman–Crippen LogP) is 1.46. The van der Waals surface area contributed by atoms with Gasteiger partial charge in [-0.15, -0.1) is 0 Å². The van der Waals surface area contributed by atoms with Gasteiger partial charge in [-0.2, -0.15) is 0 Å². The van der Waals surface area contributed by atoms with Crippen molar-refractivity contribution in [1.82, 2.24) is 4.98 Å². The van der Waals surface area contributed by atoms with Gasteiger partial charge in [-0.1, -0.05) is 18.9 Å². The zero-order chi connectivity index (χ0) is 9.26. The number of hydrogen-bond acceptors (Lipinski definition) is 3. The summed E-state index contributed by atoms with van der Waals surface area (Å²) in [7, 11) is 0. The fourth-order valence-electron chi connectivity index (χ4n) is 1.51. The highest BCUT2D eigenvalue weighted by atomic mass is 14.9. The monoisotopic (exact) mass is 177 g/mol. The molecule has 0 radical (unpaired) electrons. The number of pyridine rings is 1. The lowest BCUT2D eigenvalue weighted by Crippen LogP contribution is -2.13. The van der Waals surface area contributed by atoms with Crippen LogP contribution in [0.15, 0.2) is 18.2 Å². The number of nitrogens with two attached hydrogens (primary N) is 2. The Balaban J connectivity index is 2.04. The molecule has 1 aliphatic rings. The molecule has 1 saturated carbocycles.